The number of hydrogen-bond acceptors (Lipinski definition) is 4. The van der Waals surface area contributed by atoms with E-state index in [0.29, 0.717) is 5.69 Å². The summed E-state index contributed by atoms with van der Waals surface area (Å²) in [5, 5.41) is 14.5. The Kier molecular flexibility index (Phi) is 6.26. The first kappa shape index (κ1) is 22.4. The van der Waals surface area contributed by atoms with Gasteiger partial charge in [-0.05, 0) is 74.0 Å². The topological polar surface area (TPSA) is 55.1 Å². The highest BCUT2D eigenvalue weighted by atomic mass is 32.2. The number of aliphatic carboxylic acids is 1. The molecule has 0 saturated carbocycles. The number of aryl methyl sites for hydroxylation is 1. The first-order valence-corrected chi connectivity index (χ1v) is 12.3. The van der Waals surface area contributed by atoms with Crippen molar-refractivity contribution in [3.05, 3.63) is 78.0 Å². The molecule has 2 aromatic carbocycles. The van der Waals surface area contributed by atoms with Gasteiger partial charge in [-0.1, -0.05) is 37.3 Å². The molecule has 0 amide bonds. The first-order chi connectivity index (χ1) is 15.3. The van der Waals surface area contributed by atoms with Crippen LogP contribution in [0.15, 0.2) is 71.6 Å². The third-order valence-corrected chi connectivity index (χ3v) is 7.55. The van der Waals surface area contributed by atoms with E-state index in [1.54, 1.807) is 25.2 Å². The molecule has 1 N–H and O–H groups in total. The molecule has 2 aromatic heterocycles. The fraction of sp³-hybridized carbons (Fsp3) is 0.231. The quantitative estimate of drug-likeness (QED) is 0.299. The van der Waals surface area contributed by atoms with Gasteiger partial charge in [0.15, 0.2) is 0 Å². The monoisotopic (exact) mass is 462 g/mol. The summed E-state index contributed by atoms with van der Waals surface area (Å²) in [6, 6.07) is 22.8. The zero-order valence-electron chi connectivity index (χ0n) is 18.6. The molecular weight excluding hydrogens is 436 g/mol. The summed E-state index contributed by atoms with van der Waals surface area (Å²) < 4.78 is 1.88. The number of carboxylic acid groups (broad SMARTS) is 1. The van der Waals surface area contributed by atoms with Crippen molar-refractivity contribution in [3.8, 4) is 26.7 Å². The summed E-state index contributed by atoms with van der Waals surface area (Å²) in [4.78, 5) is 15.4. The lowest BCUT2D eigenvalue weighted by Gasteiger charge is -2.15. The van der Waals surface area contributed by atoms with Crippen LogP contribution >= 0.6 is 23.1 Å². The van der Waals surface area contributed by atoms with Crippen LogP contribution in [0.4, 0.5) is 0 Å². The molecule has 6 heteroatoms. The van der Waals surface area contributed by atoms with E-state index in [1.807, 2.05) is 53.7 Å². The van der Waals surface area contributed by atoms with Crippen LogP contribution in [0.25, 0.3) is 26.7 Å². The van der Waals surface area contributed by atoms with Crippen LogP contribution in [-0.2, 0) is 10.2 Å². The average Bonchev–Trinajstić information content (AvgIpc) is 3.42. The van der Waals surface area contributed by atoms with Crippen LogP contribution in [0.3, 0.4) is 0 Å². The molecule has 4 nitrogen and oxygen atoms in total. The Hall–Kier alpha value is -2.83. The Morgan fingerprint density at radius 1 is 1.06 bits per heavy atom. The van der Waals surface area contributed by atoms with Crippen molar-refractivity contribution >= 4 is 29.1 Å². The summed E-state index contributed by atoms with van der Waals surface area (Å²) in [5.74, 6) is 0.146. The Morgan fingerprint density at radius 3 is 2.53 bits per heavy atom. The van der Waals surface area contributed by atoms with Gasteiger partial charge in [0.05, 0.1) is 22.0 Å². The molecule has 2 heterocycles. The Bertz CT molecular complexity index is 1270. The van der Waals surface area contributed by atoms with Crippen molar-refractivity contribution in [2.45, 2.75) is 38.0 Å². The van der Waals surface area contributed by atoms with Crippen LogP contribution in [0, 0.1) is 6.92 Å². The predicted molar refractivity (Wildman–Crippen MR) is 134 cm³/mol. The van der Waals surface area contributed by atoms with Gasteiger partial charge in [-0.25, -0.2) is 4.68 Å². The summed E-state index contributed by atoms with van der Waals surface area (Å²) in [7, 11) is 0. The number of rotatable bonds is 7. The highest BCUT2D eigenvalue weighted by Gasteiger charge is 2.33. The third kappa shape index (κ3) is 4.25. The van der Waals surface area contributed by atoms with Crippen molar-refractivity contribution in [3.63, 3.8) is 0 Å². The highest BCUT2D eigenvalue weighted by Crippen LogP contribution is 2.38. The maximum Gasteiger partial charge on any atom is 0.315 e. The lowest BCUT2D eigenvalue weighted by molar-refractivity contribution is -0.142. The zero-order chi connectivity index (χ0) is 22.9. The van der Waals surface area contributed by atoms with Gasteiger partial charge in [-0.2, -0.15) is 5.10 Å². The van der Waals surface area contributed by atoms with Gasteiger partial charge < -0.3 is 5.11 Å². The van der Waals surface area contributed by atoms with Crippen molar-refractivity contribution in [1.29, 1.82) is 0 Å². The Labute approximate surface area is 196 Å². The molecule has 4 rings (SSSR count). The molecule has 0 bridgehead atoms. The molecule has 0 radical (unpaired) electrons. The highest BCUT2D eigenvalue weighted by molar-refractivity contribution is 7.99. The molecule has 0 saturated heterocycles. The molecule has 32 heavy (non-hydrogen) atoms. The van der Waals surface area contributed by atoms with Gasteiger partial charge in [0, 0.05) is 9.77 Å². The van der Waals surface area contributed by atoms with Gasteiger partial charge in [0.2, 0.25) is 0 Å². The summed E-state index contributed by atoms with van der Waals surface area (Å²) in [6.07, 6.45) is 0. The number of benzene rings is 2. The smallest absolute Gasteiger partial charge is 0.315 e. The van der Waals surface area contributed by atoms with E-state index < -0.39 is 11.4 Å². The second kappa shape index (κ2) is 8.96. The van der Waals surface area contributed by atoms with Crippen LogP contribution in [0.2, 0.25) is 0 Å². The molecule has 0 fully saturated rings. The van der Waals surface area contributed by atoms with Crippen molar-refractivity contribution in [1.82, 2.24) is 9.78 Å². The lowest BCUT2D eigenvalue weighted by Crippen LogP contribution is -2.29. The van der Waals surface area contributed by atoms with Gasteiger partial charge in [-0.15, -0.1) is 23.1 Å². The number of nitrogens with zero attached hydrogens (tertiary/aromatic N) is 2. The van der Waals surface area contributed by atoms with E-state index in [1.165, 1.54) is 15.3 Å². The maximum absolute atomic E-state index is 11.9. The predicted octanol–water partition coefficient (Wildman–Crippen LogP) is 7.05. The number of aromatic nitrogens is 2. The van der Waals surface area contributed by atoms with E-state index in [9.17, 15) is 9.90 Å². The first-order valence-electron chi connectivity index (χ1n) is 10.5. The summed E-state index contributed by atoms with van der Waals surface area (Å²) in [5.41, 5.74) is 3.57. The van der Waals surface area contributed by atoms with Gasteiger partial charge in [0.25, 0.3) is 0 Å². The Balaban J connectivity index is 1.83. The van der Waals surface area contributed by atoms with E-state index >= 15 is 0 Å². The maximum atomic E-state index is 11.9. The van der Waals surface area contributed by atoms with Gasteiger partial charge in [-0.3, -0.25) is 4.79 Å². The minimum absolute atomic E-state index is 0.541. The van der Waals surface area contributed by atoms with E-state index in [-0.39, 0.29) is 0 Å². The van der Waals surface area contributed by atoms with Crippen molar-refractivity contribution in [2.75, 3.05) is 5.75 Å². The molecular formula is C26H26N2O2S2. The summed E-state index contributed by atoms with van der Waals surface area (Å²) >= 11 is 3.53. The zero-order valence-corrected chi connectivity index (χ0v) is 20.3. The molecule has 164 valence electrons. The van der Waals surface area contributed by atoms with Crippen LogP contribution < -0.4 is 0 Å². The number of para-hydroxylation sites is 1. The fourth-order valence-electron chi connectivity index (χ4n) is 3.49. The molecule has 0 aliphatic rings. The normalized spacial score (nSPS) is 11.6. The number of hydrogen-bond donors (Lipinski definition) is 1. The molecule has 0 aliphatic heterocycles. The Morgan fingerprint density at radius 2 is 1.81 bits per heavy atom. The molecule has 0 atom stereocenters. The molecule has 0 aliphatic carbocycles. The van der Waals surface area contributed by atoms with E-state index in [4.69, 9.17) is 5.10 Å². The lowest BCUT2D eigenvalue weighted by atomic mass is 9.89. The molecule has 0 unspecified atom stereocenters. The minimum Gasteiger partial charge on any atom is -0.481 e. The van der Waals surface area contributed by atoms with E-state index in [0.717, 1.165) is 27.6 Å². The van der Waals surface area contributed by atoms with Crippen molar-refractivity contribution in [2.24, 2.45) is 0 Å². The second-order valence-electron chi connectivity index (χ2n) is 8.17. The van der Waals surface area contributed by atoms with Crippen LogP contribution in [0.5, 0.6) is 0 Å². The standard InChI is InChI=1S/C26H26N2O2S2/c1-5-31-19-11-8-10-18(15-19)22-13-14-23(32-22)21-16-24(26(3,4)25(29)30)27-28(21)20-12-7-6-9-17(20)2/h6-16H,5H2,1-4H3,(H,29,30). The molecule has 0 spiro atoms. The fourth-order valence-corrected chi connectivity index (χ4v) is 5.22. The third-order valence-electron chi connectivity index (χ3n) is 5.52. The number of thiophene rings is 1. The minimum atomic E-state index is -1.09. The number of thioether (sulfide) groups is 1. The summed E-state index contributed by atoms with van der Waals surface area (Å²) in [6.45, 7) is 7.59. The number of carboxylic acids is 1. The second-order valence-corrected chi connectivity index (χ2v) is 10.6. The van der Waals surface area contributed by atoms with Crippen molar-refractivity contribution < 1.29 is 9.90 Å². The largest absolute Gasteiger partial charge is 0.481 e. The van der Waals surface area contributed by atoms with E-state index in [2.05, 4.69) is 43.3 Å². The van der Waals surface area contributed by atoms with Crippen LogP contribution in [0.1, 0.15) is 32.0 Å². The molecule has 4 aromatic rings. The van der Waals surface area contributed by atoms with Gasteiger partial charge in [0.1, 0.15) is 5.41 Å². The van der Waals surface area contributed by atoms with Gasteiger partial charge >= 0.3 is 5.97 Å². The number of carbonyl (C=O) groups is 1. The van der Waals surface area contributed by atoms with Crippen LogP contribution in [-0.4, -0.2) is 26.6 Å². The SMILES string of the molecule is CCSc1cccc(-c2ccc(-c3cc(C(C)(C)C(=O)O)nn3-c3ccccc3C)s2)c1. The average molecular weight is 463 g/mol.